The third kappa shape index (κ3) is 2.75. The summed E-state index contributed by atoms with van der Waals surface area (Å²) < 4.78 is 0. The van der Waals surface area contributed by atoms with Crippen molar-refractivity contribution in [1.82, 2.24) is 40.6 Å². The van der Waals surface area contributed by atoms with E-state index in [4.69, 9.17) is 0 Å². The Kier molecular flexibility index (Phi) is 3.66. The van der Waals surface area contributed by atoms with Gasteiger partial charge in [-0.2, -0.15) is 5.21 Å². The molecule has 1 saturated heterocycles. The first kappa shape index (κ1) is 15.7. The SMILES string of the molecule is CN(c1ccc(-c2nn[nH]n2)cn1)[C@@H]1CCN(c2ncnc3[nH]ccc23)C1. The van der Waals surface area contributed by atoms with Gasteiger partial charge in [0.15, 0.2) is 0 Å². The highest BCUT2D eigenvalue weighted by Crippen LogP contribution is 2.28. The van der Waals surface area contributed by atoms with Crippen LogP contribution in [0.15, 0.2) is 36.9 Å². The number of tetrazole rings is 1. The number of hydrogen-bond acceptors (Lipinski definition) is 8. The third-order valence-corrected chi connectivity index (χ3v) is 5.06. The molecule has 1 fully saturated rings. The van der Waals surface area contributed by atoms with Crippen molar-refractivity contribution in [2.45, 2.75) is 12.5 Å². The van der Waals surface area contributed by atoms with Gasteiger partial charge in [-0.15, -0.1) is 10.2 Å². The average Bonchev–Trinajstić information content (AvgIpc) is 3.48. The summed E-state index contributed by atoms with van der Waals surface area (Å²) in [6.45, 7) is 1.84. The van der Waals surface area contributed by atoms with Gasteiger partial charge in [-0.3, -0.25) is 0 Å². The summed E-state index contributed by atoms with van der Waals surface area (Å²) in [6.07, 6.45) is 6.33. The lowest BCUT2D eigenvalue weighted by Crippen LogP contribution is -2.35. The highest BCUT2D eigenvalue weighted by Gasteiger charge is 2.28. The molecule has 4 aromatic heterocycles. The van der Waals surface area contributed by atoms with E-state index in [1.165, 1.54) is 0 Å². The number of aromatic nitrogens is 8. The molecular formula is C17H18N10. The van der Waals surface area contributed by atoms with Crippen molar-refractivity contribution < 1.29 is 0 Å². The largest absolute Gasteiger partial charge is 0.355 e. The van der Waals surface area contributed by atoms with Gasteiger partial charge in [-0.1, -0.05) is 0 Å². The van der Waals surface area contributed by atoms with E-state index < -0.39 is 0 Å². The van der Waals surface area contributed by atoms with Crippen molar-refractivity contribution >= 4 is 22.7 Å². The molecule has 10 nitrogen and oxygen atoms in total. The molecule has 4 aromatic rings. The monoisotopic (exact) mass is 362 g/mol. The molecule has 0 saturated carbocycles. The summed E-state index contributed by atoms with van der Waals surface area (Å²) in [7, 11) is 2.08. The summed E-state index contributed by atoms with van der Waals surface area (Å²) in [4.78, 5) is 21.0. The highest BCUT2D eigenvalue weighted by atomic mass is 15.5. The van der Waals surface area contributed by atoms with Gasteiger partial charge in [0.05, 0.1) is 5.39 Å². The van der Waals surface area contributed by atoms with Crippen molar-refractivity contribution in [3.8, 4) is 11.4 Å². The molecule has 1 aliphatic heterocycles. The molecule has 2 N–H and O–H groups in total. The molecule has 1 aliphatic rings. The number of H-pyrrole nitrogens is 2. The van der Waals surface area contributed by atoms with Crippen LogP contribution >= 0.6 is 0 Å². The molecule has 0 bridgehead atoms. The molecule has 0 amide bonds. The lowest BCUT2D eigenvalue weighted by atomic mass is 10.2. The van der Waals surface area contributed by atoms with Gasteiger partial charge in [0.2, 0.25) is 5.82 Å². The van der Waals surface area contributed by atoms with Gasteiger partial charge < -0.3 is 14.8 Å². The van der Waals surface area contributed by atoms with Crippen LogP contribution in [0.2, 0.25) is 0 Å². The minimum atomic E-state index is 0.359. The Morgan fingerprint density at radius 3 is 2.96 bits per heavy atom. The van der Waals surface area contributed by atoms with E-state index in [-0.39, 0.29) is 0 Å². The minimum absolute atomic E-state index is 0.359. The maximum absolute atomic E-state index is 4.57. The van der Waals surface area contributed by atoms with Gasteiger partial charge in [-0.05, 0) is 29.8 Å². The molecule has 0 aromatic carbocycles. The van der Waals surface area contributed by atoms with Crippen LogP contribution in [-0.2, 0) is 0 Å². The number of rotatable bonds is 4. The van der Waals surface area contributed by atoms with Crippen LogP contribution in [-0.4, -0.2) is 66.7 Å². The van der Waals surface area contributed by atoms with E-state index in [1.807, 2.05) is 24.4 Å². The fraction of sp³-hybridized carbons (Fsp3) is 0.294. The van der Waals surface area contributed by atoms with Crippen LogP contribution in [0.1, 0.15) is 6.42 Å². The first-order valence-corrected chi connectivity index (χ1v) is 8.75. The zero-order chi connectivity index (χ0) is 18.2. The average molecular weight is 362 g/mol. The number of fused-ring (bicyclic) bond motifs is 1. The summed E-state index contributed by atoms with van der Waals surface area (Å²) in [5, 5.41) is 15.1. The van der Waals surface area contributed by atoms with Crippen LogP contribution in [0.5, 0.6) is 0 Å². The second kappa shape index (κ2) is 6.31. The van der Waals surface area contributed by atoms with E-state index in [9.17, 15) is 0 Å². The quantitative estimate of drug-likeness (QED) is 0.557. The standard InChI is InChI=1S/C17H18N10/c1-26(14-3-2-11(8-19-14)15-22-24-25-23-15)12-5-7-27(9-12)17-13-4-6-18-16(13)20-10-21-17/h2-4,6,8,10,12H,5,7,9H2,1H3,(H,18,20,21)(H,22,23,24,25)/t12-/m1/s1. The maximum atomic E-state index is 4.57. The van der Waals surface area contributed by atoms with E-state index in [1.54, 1.807) is 12.5 Å². The Bertz CT molecular complexity index is 1040. The molecule has 5 heterocycles. The Morgan fingerprint density at radius 2 is 2.15 bits per heavy atom. The fourth-order valence-corrected chi connectivity index (χ4v) is 3.56. The van der Waals surface area contributed by atoms with Crippen LogP contribution < -0.4 is 9.80 Å². The lowest BCUT2D eigenvalue weighted by molar-refractivity contribution is 0.684. The molecular weight excluding hydrogens is 344 g/mol. The predicted octanol–water partition coefficient (Wildman–Crippen LogP) is 1.25. The smallest absolute Gasteiger partial charge is 0.206 e. The minimum Gasteiger partial charge on any atom is -0.355 e. The van der Waals surface area contributed by atoms with Crippen molar-refractivity contribution in [1.29, 1.82) is 0 Å². The first-order chi connectivity index (χ1) is 13.3. The van der Waals surface area contributed by atoms with Gasteiger partial charge in [0.25, 0.3) is 0 Å². The van der Waals surface area contributed by atoms with Crippen molar-refractivity contribution in [2.75, 3.05) is 29.9 Å². The number of hydrogen-bond donors (Lipinski definition) is 2. The number of anilines is 2. The molecule has 0 aliphatic carbocycles. The summed E-state index contributed by atoms with van der Waals surface area (Å²) >= 11 is 0. The normalized spacial score (nSPS) is 16.9. The van der Waals surface area contributed by atoms with Crippen LogP contribution in [0, 0.1) is 0 Å². The number of aromatic amines is 2. The fourth-order valence-electron chi connectivity index (χ4n) is 3.56. The summed E-state index contributed by atoms with van der Waals surface area (Å²) in [5.74, 6) is 2.45. The molecule has 0 spiro atoms. The van der Waals surface area contributed by atoms with Gasteiger partial charge in [0.1, 0.15) is 23.6 Å². The zero-order valence-corrected chi connectivity index (χ0v) is 14.7. The Hall–Kier alpha value is -3.56. The van der Waals surface area contributed by atoms with Gasteiger partial charge >= 0.3 is 0 Å². The van der Waals surface area contributed by atoms with Gasteiger partial charge in [0, 0.05) is 44.1 Å². The second-order valence-corrected chi connectivity index (χ2v) is 6.58. The van der Waals surface area contributed by atoms with Crippen LogP contribution in [0.4, 0.5) is 11.6 Å². The third-order valence-electron chi connectivity index (χ3n) is 5.06. The van der Waals surface area contributed by atoms with Crippen LogP contribution in [0.25, 0.3) is 22.4 Å². The molecule has 136 valence electrons. The molecule has 5 rings (SSSR count). The Morgan fingerprint density at radius 1 is 1.19 bits per heavy atom. The van der Waals surface area contributed by atoms with Crippen molar-refractivity contribution in [3.05, 3.63) is 36.9 Å². The number of nitrogens with zero attached hydrogens (tertiary/aromatic N) is 8. The van der Waals surface area contributed by atoms with Crippen molar-refractivity contribution in [2.24, 2.45) is 0 Å². The molecule has 0 unspecified atom stereocenters. The second-order valence-electron chi connectivity index (χ2n) is 6.58. The highest BCUT2D eigenvalue weighted by molar-refractivity contribution is 5.87. The van der Waals surface area contributed by atoms with Crippen LogP contribution in [0.3, 0.4) is 0 Å². The predicted molar refractivity (Wildman–Crippen MR) is 100 cm³/mol. The molecule has 27 heavy (non-hydrogen) atoms. The van der Waals surface area contributed by atoms with E-state index >= 15 is 0 Å². The van der Waals surface area contributed by atoms with E-state index in [0.29, 0.717) is 11.9 Å². The summed E-state index contributed by atoms with van der Waals surface area (Å²) in [5.41, 5.74) is 1.71. The number of likely N-dealkylation sites (N-methyl/N-ethyl adjacent to an activating group) is 1. The number of pyridine rings is 1. The molecule has 10 heteroatoms. The summed E-state index contributed by atoms with van der Waals surface area (Å²) in [6, 6.07) is 6.34. The first-order valence-electron chi connectivity index (χ1n) is 8.75. The van der Waals surface area contributed by atoms with Crippen molar-refractivity contribution in [3.63, 3.8) is 0 Å². The zero-order valence-electron chi connectivity index (χ0n) is 14.7. The Labute approximate surface area is 154 Å². The van der Waals surface area contributed by atoms with Gasteiger partial charge in [-0.25, -0.2) is 15.0 Å². The molecule has 0 radical (unpaired) electrons. The van der Waals surface area contributed by atoms with E-state index in [0.717, 1.165) is 47.7 Å². The van der Waals surface area contributed by atoms with E-state index in [2.05, 4.69) is 57.4 Å². The lowest BCUT2D eigenvalue weighted by Gasteiger charge is -2.26. The maximum Gasteiger partial charge on any atom is 0.206 e. The topological polar surface area (TPSA) is 115 Å². The molecule has 1 atom stereocenters. The Balaban J connectivity index is 1.33. The number of nitrogens with one attached hydrogen (secondary N) is 2.